The van der Waals surface area contributed by atoms with Crippen LogP contribution in [0.5, 0.6) is 0 Å². The number of primary amides is 1. The van der Waals surface area contributed by atoms with Crippen LogP contribution in [-0.4, -0.2) is 90.9 Å². The van der Waals surface area contributed by atoms with Gasteiger partial charge in [-0.1, -0.05) is 0 Å². The maximum Gasteiger partial charge on any atom is 0.311 e. The molecular weight excluding hydrogens is 324 g/mol. The number of morpholine rings is 1. The van der Waals surface area contributed by atoms with Crippen LogP contribution in [0.2, 0.25) is 0 Å². The lowest BCUT2D eigenvalue weighted by Gasteiger charge is -2.42. The van der Waals surface area contributed by atoms with Crippen LogP contribution in [-0.2, 0) is 19.1 Å². The molecule has 3 aliphatic rings. The molecule has 1 atom stereocenters. The van der Waals surface area contributed by atoms with Crippen LogP contribution < -0.4 is 5.73 Å². The average molecular weight is 352 g/mol. The second-order valence-electron chi connectivity index (χ2n) is 7.16. The fourth-order valence-electron chi connectivity index (χ4n) is 4.17. The average Bonchev–Trinajstić information content (AvgIpc) is 2.67. The van der Waals surface area contributed by atoms with Crippen molar-refractivity contribution >= 4 is 17.7 Å². The predicted molar refractivity (Wildman–Crippen MR) is 90.5 cm³/mol. The number of ether oxygens (including phenoxy) is 1. The number of carbonyl (C=O) groups excluding carboxylic acids is 3. The lowest BCUT2D eigenvalue weighted by Crippen LogP contribution is -2.53. The van der Waals surface area contributed by atoms with E-state index in [1.54, 1.807) is 4.90 Å². The molecular formula is C17H28N4O4. The Morgan fingerprint density at radius 1 is 0.880 bits per heavy atom. The first-order valence-corrected chi connectivity index (χ1v) is 9.25. The summed E-state index contributed by atoms with van der Waals surface area (Å²) in [5, 5.41) is 0. The highest BCUT2D eigenvalue weighted by Gasteiger charge is 2.34. The molecule has 0 aliphatic carbocycles. The van der Waals surface area contributed by atoms with Gasteiger partial charge in [0.2, 0.25) is 5.91 Å². The van der Waals surface area contributed by atoms with Crippen molar-refractivity contribution in [2.75, 3.05) is 52.5 Å². The minimum Gasteiger partial charge on any atom is -0.378 e. The number of rotatable bonds is 2. The Hall–Kier alpha value is -1.67. The highest BCUT2D eigenvalue weighted by molar-refractivity contribution is 6.34. The highest BCUT2D eigenvalue weighted by Crippen LogP contribution is 2.25. The second-order valence-corrected chi connectivity index (χ2v) is 7.16. The molecule has 0 aromatic carbocycles. The summed E-state index contributed by atoms with van der Waals surface area (Å²) in [5.74, 6) is -1.14. The summed E-state index contributed by atoms with van der Waals surface area (Å²) in [5.41, 5.74) is 5.08. The third-order valence-electron chi connectivity index (χ3n) is 5.60. The Morgan fingerprint density at radius 2 is 1.56 bits per heavy atom. The van der Waals surface area contributed by atoms with Crippen LogP contribution in [0.3, 0.4) is 0 Å². The van der Waals surface area contributed by atoms with Crippen LogP contribution >= 0.6 is 0 Å². The molecule has 3 fully saturated rings. The zero-order valence-corrected chi connectivity index (χ0v) is 14.7. The van der Waals surface area contributed by atoms with Gasteiger partial charge in [-0.3, -0.25) is 19.3 Å². The van der Waals surface area contributed by atoms with E-state index >= 15 is 0 Å². The summed E-state index contributed by atoms with van der Waals surface area (Å²) in [4.78, 5) is 41.3. The molecule has 140 valence electrons. The van der Waals surface area contributed by atoms with Gasteiger partial charge in [-0.2, -0.15) is 0 Å². The Balaban J connectivity index is 1.51. The van der Waals surface area contributed by atoms with Crippen molar-refractivity contribution in [2.45, 2.75) is 31.7 Å². The van der Waals surface area contributed by atoms with Crippen LogP contribution in [0.15, 0.2) is 0 Å². The van der Waals surface area contributed by atoms with Crippen LogP contribution in [0.4, 0.5) is 0 Å². The molecule has 2 N–H and O–H groups in total. The highest BCUT2D eigenvalue weighted by atomic mass is 16.5. The first-order chi connectivity index (χ1) is 12.1. The van der Waals surface area contributed by atoms with Crippen molar-refractivity contribution in [3.05, 3.63) is 0 Å². The summed E-state index contributed by atoms with van der Waals surface area (Å²) in [6.07, 6.45) is 3.64. The molecule has 0 saturated carbocycles. The summed E-state index contributed by atoms with van der Waals surface area (Å²) < 4.78 is 5.33. The Labute approximate surface area is 148 Å². The number of amides is 3. The first kappa shape index (κ1) is 18.1. The van der Waals surface area contributed by atoms with E-state index in [-0.39, 0.29) is 11.8 Å². The lowest BCUT2D eigenvalue weighted by molar-refractivity contribution is -0.145. The Morgan fingerprint density at radius 3 is 2.20 bits per heavy atom. The van der Waals surface area contributed by atoms with Crippen molar-refractivity contribution < 1.29 is 19.1 Å². The van der Waals surface area contributed by atoms with Gasteiger partial charge in [0, 0.05) is 38.8 Å². The van der Waals surface area contributed by atoms with Crippen LogP contribution in [0.1, 0.15) is 25.7 Å². The number of hydrogen-bond donors (Lipinski definition) is 1. The largest absolute Gasteiger partial charge is 0.378 e. The molecule has 3 heterocycles. The molecule has 1 unspecified atom stereocenters. The molecule has 0 aromatic rings. The van der Waals surface area contributed by atoms with E-state index in [9.17, 15) is 14.4 Å². The summed E-state index contributed by atoms with van der Waals surface area (Å²) in [7, 11) is 0. The minimum atomic E-state index is -0.882. The first-order valence-electron chi connectivity index (χ1n) is 9.25. The number of carbonyl (C=O) groups is 3. The van der Waals surface area contributed by atoms with Crippen molar-refractivity contribution in [2.24, 2.45) is 11.7 Å². The second kappa shape index (κ2) is 8.14. The maximum atomic E-state index is 12.7. The molecule has 0 radical (unpaired) electrons. The van der Waals surface area contributed by atoms with Crippen molar-refractivity contribution in [3.63, 3.8) is 0 Å². The third-order valence-corrected chi connectivity index (χ3v) is 5.60. The zero-order chi connectivity index (χ0) is 17.8. The summed E-state index contributed by atoms with van der Waals surface area (Å²) >= 11 is 0. The SMILES string of the molecule is NC(=O)C(=O)N1CCC(N2CCCC(C(=O)N3CCOCC3)C2)CC1. The fourth-order valence-corrected chi connectivity index (χ4v) is 4.17. The van der Waals surface area contributed by atoms with Crippen molar-refractivity contribution in [1.82, 2.24) is 14.7 Å². The van der Waals surface area contributed by atoms with Crippen molar-refractivity contribution in [1.29, 1.82) is 0 Å². The Kier molecular flexibility index (Phi) is 5.90. The van der Waals surface area contributed by atoms with Gasteiger partial charge < -0.3 is 20.3 Å². The molecule has 0 spiro atoms. The monoisotopic (exact) mass is 352 g/mol. The van der Waals surface area contributed by atoms with Gasteiger partial charge in [0.25, 0.3) is 0 Å². The molecule has 8 heteroatoms. The van der Waals surface area contributed by atoms with E-state index in [0.717, 1.165) is 38.8 Å². The van der Waals surface area contributed by atoms with Gasteiger partial charge >= 0.3 is 11.8 Å². The van der Waals surface area contributed by atoms with Gasteiger partial charge in [0.1, 0.15) is 0 Å². The van der Waals surface area contributed by atoms with Gasteiger partial charge in [-0.05, 0) is 32.2 Å². The van der Waals surface area contributed by atoms with E-state index in [4.69, 9.17) is 10.5 Å². The molecule has 0 aromatic heterocycles. The van der Waals surface area contributed by atoms with Crippen LogP contribution in [0.25, 0.3) is 0 Å². The van der Waals surface area contributed by atoms with Crippen molar-refractivity contribution in [3.8, 4) is 0 Å². The molecule has 3 rings (SSSR count). The molecule has 3 aliphatic heterocycles. The van der Waals surface area contributed by atoms with Crippen LogP contribution in [0, 0.1) is 5.92 Å². The maximum absolute atomic E-state index is 12.7. The van der Waals surface area contributed by atoms with E-state index in [1.807, 2.05) is 4.90 Å². The minimum absolute atomic E-state index is 0.0668. The third kappa shape index (κ3) is 4.30. The van der Waals surface area contributed by atoms with E-state index < -0.39 is 11.8 Å². The molecule has 3 saturated heterocycles. The quantitative estimate of drug-likeness (QED) is 0.646. The summed E-state index contributed by atoms with van der Waals surface area (Å²) in [6, 6.07) is 0.372. The summed E-state index contributed by atoms with van der Waals surface area (Å²) in [6.45, 7) is 5.58. The molecule has 0 bridgehead atoms. The standard InChI is InChI=1S/C17H28N4O4/c18-15(22)17(24)19-6-3-14(4-7-19)21-5-1-2-13(12-21)16(23)20-8-10-25-11-9-20/h13-14H,1-12H2,(H2,18,22). The van der Waals surface area contributed by atoms with E-state index in [1.165, 1.54) is 0 Å². The topological polar surface area (TPSA) is 96.2 Å². The van der Waals surface area contributed by atoms with Gasteiger partial charge in [-0.25, -0.2) is 0 Å². The molecule has 25 heavy (non-hydrogen) atoms. The van der Waals surface area contributed by atoms with Gasteiger partial charge in [0.15, 0.2) is 0 Å². The predicted octanol–water partition coefficient (Wildman–Crippen LogP) is -0.966. The fraction of sp³-hybridized carbons (Fsp3) is 0.824. The molecule has 3 amide bonds. The Bertz CT molecular complexity index is 513. The van der Waals surface area contributed by atoms with Gasteiger partial charge in [-0.15, -0.1) is 0 Å². The normalized spacial score (nSPS) is 26.5. The van der Waals surface area contributed by atoms with Gasteiger partial charge in [0.05, 0.1) is 19.1 Å². The van der Waals surface area contributed by atoms with E-state index in [2.05, 4.69) is 4.90 Å². The number of nitrogens with two attached hydrogens (primary N) is 1. The zero-order valence-electron chi connectivity index (χ0n) is 14.7. The number of nitrogens with zero attached hydrogens (tertiary/aromatic N) is 3. The number of piperidine rings is 2. The molecule has 8 nitrogen and oxygen atoms in total. The number of likely N-dealkylation sites (tertiary alicyclic amines) is 2. The smallest absolute Gasteiger partial charge is 0.311 e. The number of hydrogen-bond acceptors (Lipinski definition) is 5. The lowest BCUT2D eigenvalue weighted by atomic mass is 9.92. The van der Waals surface area contributed by atoms with E-state index in [0.29, 0.717) is 45.4 Å².